The van der Waals surface area contributed by atoms with Crippen molar-refractivity contribution in [3.63, 3.8) is 0 Å². The van der Waals surface area contributed by atoms with Crippen LogP contribution in [-0.4, -0.2) is 79.8 Å². The highest BCUT2D eigenvalue weighted by Crippen LogP contribution is 2.38. The highest BCUT2D eigenvalue weighted by Gasteiger charge is 2.28. The molecule has 44 heavy (non-hydrogen) atoms. The molecule has 0 amide bonds. The molecule has 0 bridgehead atoms. The number of fused-ring (bicyclic) bond motifs is 1. The zero-order valence-corrected chi connectivity index (χ0v) is 30.3. The number of ether oxygens (including phenoxy) is 3. The molecule has 10 nitrogen and oxygen atoms in total. The van der Waals surface area contributed by atoms with Gasteiger partial charge in [-0.15, -0.1) is 0 Å². The largest absolute Gasteiger partial charge is 0.466 e. The summed E-state index contributed by atoms with van der Waals surface area (Å²) in [6.45, 7) is 18.8. The molecule has 3 heterocycles. The third-order valence-electron chi connectivity index (χ3n) is 8.33. The SMILES string of the molecule is CCOC(=O)CC1CCC(c2cc(N(COCC[Si](C)(C)C)COCC[Si](C)(C)C)n3ncc(-c4cnn(C)c4)c3n2)CC1. The first-order chi connectivity index (χ1) is 20.8. The lowest BCUT2D eigenvalue weighted by Gasteiger charge is -2.30. The quantitative estimate of drug-likeness (QED) is 0.0730. The van der Waals surface area contributed by atoms with E-state index in [9.17, 15) is 4.79 Å². The number of carbonyl (C=O) groups excluding carboxylic acids is 1. The van der Waals surface area contributed by atoms with Gasteiger partial charge in [-0.2, -0.15) is 14.7 Å². The molecule has 0 atom stereocenters. The Morgan fingerprint density at radius 2 is 1.59 bits per heavy atom. The van der Waals surface area contributed by atoms with Crippen molar-refractivity contribution in [1.29, 1.82) is 0 Å². The maximum absolute atomic E-state index is 12.1. The van der Waals surface area contributed by atoms with E-state index in [1.807, 2.05) is 37.1 Å². The molecule has 12 heteroatoms. The van der Waals surface area contributed by atoms with Gasteiger partial charge in [0.25, 0.3) is 0 Å². The number of esters is 1. The van der Waals surface area contributed by atoms with Gasteiger partial charge >= 0.3 is 5.97 Å². The summed E-state index contributed by atoms with van der Waals surface area (Å²) in [5.41, 5.74) is 3.81. The van der Waals surface area contributed by atoms with Crippen LogP contribution in [0.5, 0.6) is 0 Å². The number of hydrogen-bond acceptors (Lipinski definition) is 8. The second-order valence-corrected chi connectivity index (χ2v) is 25.9. The number of aromatic nitrogens is 5. The van der Waals surface area contributed by atoms with Crippen molar-refractivity contribution >= 4 is 33.6 Å². The number of hydrogen-bond donors (Lipinski definition) is 0. The number of aryl methyl sites for hydroxylation is 1. The van der Waals surface area contributed by atoms with Gasteiger partial charge in [0, 0.05) is 77.8 Å². The van der Waals surface area contributed by atoms with E-state index < -0.39 is 16.1 Å². The second-order valence-electron chi connectivity index (χ2n) is 14.7. The highest BCUT2D eigenvalue weighted by atomic mass is 28.3. The van der Waals surface area contributed by atoms with E-state index in [1.165, 1.54) is 0 Å². The molecule has 1 fully saturated rings. The van der Waals surface area contributed by atoms with Crippen LogP contribution in [-0.2, 0) is 26.1 Å². The molecule has 0 spiro atoms. The van der Waals surface area contributed by atoms with Crippen LogP contribution in [0.2, 0.25) is 51.4 Å². The molecular formula is C32H54N6O4Si2. The maximum atomic E-state index is 12.1. The maximum Gasteiger partial charge on any atom is 0.306 e. The highest BCUT2D eigenvalue weighted by molar-refractivity contribution is 6.76. The van der Waals surface area contributed by atoms with Crippen LogP contribution in [0.4, 0.5) is 5.82 Å². The smallest absolute Gasteiger partial charge is 0.306 e. The molecule has 1 saturated carbocycles. The van der Waals surface area contributed by atoms with Gasteiger partial charge in [0.15, 0.2) is 5.65 Å². The minimum Gasteiger partial charge on any atom is -0.466 e. The fraction of sp³-hybridized carbons (Fsp3) is 0.688. The third kappa shape index (κ3) is 9.98. The van der Waals surface area contributed by atoms with Gasteiger partial charge in [-0.3, -0.25) is 9.48 Å². The summed E-state index contributed by atoms with van der Waals surface area (Å²) < 4.78 is 21.5. The summed E-state index contributed by atoms with van der Waals surface area (Å²) in [4.78, 5) is 19.5. The first-order valence-corrected chi connectivity index (χ1v) is 23.7. The van der Waals surface area contributed by atoms with Crippen LogP contribution >= 0.6 is 0 Å². The molecule has 244 valence electrons. The second kappa shape index (κ2) is 15.2. The van der Waals surface area contributed by atoms with Gasteiger partial charge in [0.05, 0.1) is 19.0 Å². The minimum atomic E-state index is -1.22. The fourth-order valence-electron chi connectivity index (χ4n) is 5.56. The van der Waals surface area contributed by atoms with Crippen molar-refractivity contribution in [2.24, 2.45) is 13.0 Å². The molecule has 3 aromatic rings. The predicted molar refractivity (Wildman–Crippen MR) is 182 cm³/mol. The standard InChI is InChI=1S/C32H54N6O4Si2/c1-9-42-31(39)18-25-10-12-26(13-11-25)29-19-30(38-32(35-29)28(21-34-38)27-20-33-36(2)22-27)37(23-40-14-16-43(3,4)5)24-41-15-17-44(6,7)8/h19-22,25-26H,9-18,23-24H2,1-8H3. The Balaban J connectivity index is 1.64. The van der Waals surface area contributed by atoms with E-state index >= 15 is 0 Å². The van der Waals surface area contributed by atoms with Crippen molar-refractivity contribution in [3.8, 4) is 11.1 Å². The Hall–Kier alpha value is -2.55. The first-order valence-electron chi connectivity index (χ1n) is 16.3. The van der Waals surface area contributed by atoms with Gasteiger partial charge in [0.2, 0.25) is 0 Å². The molecule has 0 unspecified atom stereocenters. The topological polar surface area (TPSA) is 96.0 Å². The monoisotopic (exact) mass is 642 g/mol. The summed E-state index contributed by atoms with van der Waals surface area (Å²) in [5.74, 6) is 1.51. The summed E-state index contributed by atoms with van der Waals surface area (Å²) in [6, 6.07) is 4.40. The van der Waals surface area contributed by atoms with E-state index in [0.717, 1.165) is 79.3 Å². The molecule has 1 aliphatic carbocycles. The molecule has 1 aliphatic rings. The number of carbonyl (C=O) groups is 1. The van der Waals surface area contributed by atoms with Crippen LogP contribution < -0.4 is 4.90 Å². The molecule has 0 radical (unpaired) electrons. The average molecular weight is 643 g/mol. The van der Waals surface area contributed by atoms with Crippen molar-refractivity contribution in [2.45, 2.75) is 96.3 Å². The van der Waals surface area contributed by atoms with Crippen LogP contribution in [0.1, 0.15) is 50.6 Å². The van der Waals surface area contributed by atoms with Gasteiger partial charge in [-0.1, -0.05) is 39.3 Å². The molecule has 0 saturated heterocycles. The van der Waals surface area contributed by atoms with E-state index in [4.69, 9.17) is 24.3 Å². The summed E-state index contributed by atoms with van der Waals surface area (Å²) in [7, 11) is -0.525. The molecule has 4 rings (SSSR count). The molecule has 0 aromatic carbocycles. The Morgan fingerprint density at radius 3 is 2.14 bits per heavy atom. The van der Waals surface area contributed by atoms with E-state index in [-0.39, 0.29) is 5.97 Å². The summed E-state index contributed by atoms with van der Waals surface area (Å²) in [6.07, 6.45) is 10.2. The average Bonchev–Trinajstić information content (AvgIpc) is 3.57. The third-order valence-corrected chi connectivity index (χ3v) is 11.7. The number of anilines is 1. The molecule has 0 aliphatic heterocycles. The van der Waals surface area contributed by atoms with Crippen LogP contribution in [0.25, 0.3) is 16.8 Å². The zero-order valence-electron chi connectivity index (χ0n) is 28.3. The number of nitrogens with zero attached hydrogens (tertiary/aromatic N) is 6. The lowest BCUT2D eigenvalue weighted by molar-refractivity contribution is -0.144. The zero-order chi connectivity index (χ0) is 31.9. The predicted octanol–water partition coefficient (Wildman–Crippen LogP) is 6.79. The lowest BCUT2D eigenvalue weighted by atomic mass is 9.79. The van der Waals surface area contributed by atoms with E-state index in [0.29, 0.717) is 38.3 Å². The van der Waals surface area contributed by atoms with Crippen LogP contribution in [0, 0.1) is 5.92 Å². The molecular weight excluding hydrogens is 589 g/mol. The Bertz CT molecular complexity index is 1330. The Kier molecular flexibility index (Phi) is 11.8. The number of rotatable bonds is 16. The van der Waals surface area contributed by atoms with Crippen molar-refractivity contribution in [3.05, 3.63) is 30.4 Å². The summed E-state index contributed by atoms with van der Waals surface area (Å²) >= 11 is 0. The van der Waals surface area contributed by atoms with Crippen molar-refractivity contribution < 1.29 is 19.0 Å². The van der Waals surface area contributed by atoms with Gasteiger partial charge in [-0.05, 0) is 50.6 Å². The molecule has 3 aromatic heterocycles. The van der Waals surface area contributed by atoms with Gasteiger partial charge in [-0.25, -0.2) is 4.98 Å². The van der Waals surface area contributed by atoms with E-state index in [1.54, 1.807) is 4.68 Å². The van der Waals surface area contributed by atoms with Crippen molar-refractivity contribution in [1.82, 2.24) is 24.4 Å². The minimum absolute atomic E-state index is 0.0861. The van der Waals surface area contributed by atoms with E-state index in [2.05, 4.69) is 55.3 Å². The van der Waals surface area contributed by atoms with Crippen molar-refractivity contribution in [2.75, 3.05) is 38.2 Å². The summed E-state index contributed by atoms with van der Waals surface area (Å²) in [5, 5.41) is 9.24. The fourth-order valence-corrected chi connectivity index (χ4v) is 7.07. The van der Waals surface area contributed by atoms with Crippen LogP contribution in [0.3, 0.4) is 0 Å². The Labute approximate surface area is 265 Å². The first kappa shape index (κ1) is 34.3. The normalized spacial score (nSPS) is 17.7. The van der Waals surface area contributed by atoms with Gasteiger partial charge < -0.3 is 19.1 Å². The Morgan fingerprint density at radius 1 is 0.955 bits per heavy atom. The lowest BCUT2D eigenvalue weighted by Crippen LogP contribution is -2.33. The van der Waals surface area contributed by atoms with Gasteiger partial charge in [0.1, 0.15) is 19.3 Å². The molecule has 0 N–H and O–H groups in total. The van der Waals surface area contributed by atoms with Crippen LogP contribution in [0.15, 0.2) is 24.7 Å².